The Labute approximate surface area is 315 Å². The second kappa shape index (κ2) is 17.6. The Morgan fingerprint density at radius 1 is 0.529 bits per heavy atom. The molecule has 1 radical (unpaired) electrons. The zero-order valence-corrected chi connectivity index (χ0v) is 35.2. The van der Waals surface area contributed by atoms with E-state index in [4.69, 9.17) is 0 Å². The summed E-state index contributed by atoms with van der Waals surface area (Å²) in [6.45, 7) is 17.7. The third-order valence-corrected chi connectivity index (χ3v) is 17.4. The predicted octanol–water partition coefficient (Wildman–Crippen LogP) is 9.73. The number of benzene rings is 5. The number of carbonyl (C=O) groups excluding carboxylic acids is 1. The fraction of sp³-hybridized carbons (Fsp3) is 0.261. The van der Waals surface area contributed by atoms with Crippen LogP contribution in [-0.4, -0.2) is 29.9 Å². The summed E-state index contributed by atoms with van der Waals surface area (Å²) in [6, 6.07) is 45.9. The molecule has 0 spiro atoms. The average molecular weight is 799 g/mol. The quantitative estimate of drug-likeness (QED) is 0.0771. The van der Waals surface area contributed by atoms with Gasteiger partial charge >= 0.3 is 127 Å². The van der Waals surface area contributed by atoms with E-state index in [-0.39, 0.29) is 5.52 Å². The van der Waals surface area contributed by atoms with Gasteiger partial charge in [-0.2, -0.15) is 9.13 Å². The molecule has 51 heavy (non-hydrogen) atoms. The van der Waals surface area contributed by atoms with Crippen LogP contribution in [0.25, 0.3) is 11.4 Å². The molecule has 261 valence electrons. The van der Waals surface area contributed by atoms with E-state index in [0.29, 0.717) is 29.5 Å². The molecule has 0 aliphatic rings. The molecule has 0 unspecified atom stereocenters. The Hall–Kier alpha value is -3.79. The number of rotatable bonds is 10. The number of para-hydroxylation sites is 2. The molecule has 0 amide bonds. The molecule has 0 N–H and O–H groups in total. The Bertz CT molecular complexity index is 1810. The van der Waals surface area contributed by atoms with Crippen molar-refractivity contribution in [3.05, 3.63) is 168 Å². The van der Waals surface area contributed by atoms with Crippen LogP contribution in [0.15, 0.2) is 140 Å². The van der Waals surface area contributed by atoms with Crippen molar-refractivity contribution in [3.8, 4) is 11.4 Å². The molecule has 6 aromatic rings. The summed E-state index contributed by atoms with van der Waals surface area (Å²) >= 11 is -1.98. The van der Waals surface area contributed by atoms with E-state index in [2.05, 4.69) is 201 Å². The monoisotopic (exact) mass is 799 g/mol. The Balaban J connectivity index is 0.000000224. The molecule has 0 saturated carbocycles. The molecule has 1 aromatic heterocycles. The van der Waals surface area contributed by atoms with Crippen molar-refractivity contribution in [2.24, 2.45) is 0 Å². The third kappa shape index (κ3) is 8.82. The molecule has 5 heteroatoms. The molecule has 0 atom stereocenters. The first kappa shape index (κ1) is 38.4. The maximum absolute atomic E-state index is 13.1. The maximum atomic E-state index is 13.1. The van der Waals surface area contributed by atoms with Crippen molar-refractivity contribution in [2.75, 3.05) is 0 Å². The van der Waals surface area contributed by atoms with E-state index in [0.717, 1.165) is 11.4 Å². The van der Waals surface area contributed by atoms with E-state index < -0.39 is 19.8 Å². The fourth-order valence-electron chi connectivity index (χ4n) is 6.86. The van der Waals surface area contributed by atoms with Crippen LogP contribution in [0.2, 0.25) is 0 Å². The Morgan fingerprint density at radius 3 is 1.22 bits per heavy atom. The molecule has 3 nitrogen and oxygen atoms in total. The van der Waals surface area contributed by atoms with Gasteiger partial charge < -0.3 is 14.0 Å². The van der Waals surface area contributed by atoms with Gasteiger partial charge in [-0.25, -0.2) is 0 Å². The zero-order valence-electron chi connectivity index (χ0n) is 31.4. The summed E-state index contributed by atoms with van der Waals surface area (Å²) < 4.78 is 8.76. The van der Waals surface area contributed by atoms with Crippen molar-refractivity contribution in [2.45, 2.75) is 79.1 Å². The van der Waals surface area contributed by atoms with Crippen LogP contribution in [0.3, 0.4) is 0 Å². The van der Waals surface area contributed by atoms with Gasteiger partial charge in [0, 0.05) is 22.3 Å². The number of hydrogen-bond donors (Lipinski definition) is 0. The van der Waals surface area contributed by atoms with Crippen LogP contribution in [0.4, 0.5) is 0 Å². The number of hydrogen-bond acceptors (Lipinski definition) is 1. The summed E-state index contributed by atoms with van der Waals surface area (Å²) in [6.07, 6.45) is 4.09. The van der Waals surface area contributed by atoms with Crippen molar-refractivity contribution in [1.82, 2.24) is 4.57 Å². The first-order chi connectivity index (χ1) is 24.5. The van der Waals surface area contributed by atoms with Crippen LogP contribution in [-0.2, 0) is 0 Å². The SMILES string of the molecule is CC(C)c1cccc(C(C)C)c1-n1cc[n+](-c2c(C(C)C)cccc2C(C)C)c1C(=O)[PH-].c1cc[c]([Sn]([c]2ccccc2)[c]2ccccc2)cc1. The molecule has 0 aliphatic heterocycles. The first-order valence-electron chi connectivity index (χ1n) is 18.2. The minimum atomic E-state index is -1.98. The van der Waals surface area contributed by atoms with Gasteiger partial charge in [0.15, 0.2) is 0 Å². The van der Waals surface area contributed by atoms with E-state index in [1.54, 1.807) is 0 Å². The van der Waals surface area contributed by atoms with Crippen LogP contribution < -0.4 is 15.3 Å². The van der Waals surface area contributed by atoms with Gasteiger partial charge in [-0.05, 0) is 23.7 Å². The van der Waals surface area contributed by atoms with Gasteiger partial charge in [0.1, 0.15) is 23.8 Å². The van der Waals surface area contributed by atoms with Gasteiger partial charge in [-0.15, -0.1) is 0 Å². The van der Waals surface area contributed by atoms with Crippen LogP contribution in [0.1, 0.15) is 112 Å². The van der Waals surface area contributed by atoms with Crippen molar-refractivity contribution in [3.63, 3.8) is 0 Å². The summed E-state index contributed by atoms with van der Waals surface area (Å²) in [4.78, 5) is 13.1. The van der Waals surface area contributed by atoms with Crippen molar-refractivity contribution >= 4 is 45.3 Å². The number of imidazole rings is 1. The van der Waals surface area contributed by atoms with Crippen LogP contribution >= 0.6 is 9.24 Å². The van der Waals surface area contributed by atoms with Crippen molar-refractivity contribution < 1.29 is 9.36 Å². The molecule has 0 bridgehead atoms. The molecular formula is C46H52N2OPSn. The van der Waals surface area contributed by atoms with Gasteiger partial charge in [0.25, 0.3) is 0 Å². The average Bonchev–Trinajstić information content (AvgIpc) is 3.58. The normalized spacial score (nSPS) is 11.4. The topological polar surface area (TPSA) is 25.9 Å². The number of carbonyl (C=O) groups is 1. The van der Waals surface area contributed by atoms with Gasteiger partial charge in [0.2, 0.25) is 0 Å². The minimum absolute atomic E-state index is 0.128. The fourth-order valence-corrected chi connectivity index (χ4v) is 14.5. The van der Waals surface area contributed by atoms with E-state index in [9.17, 15) is 4.79 Å². The summed E-state index contributed by atoms with van der Waals surface area (Å²) in [5.74, 6) is 1.97. The van der Waals surface area contributed by atoms with E-state index in [1.165, 1.54) is 33.0 Å². The summed E-state index contributed by atoms with van der Waals surface area (Å²) in [5.41, 5.74) is 7.08. The third-order valence-electron chi connectivity index (χ3n) is 9.38. The first-order valence-corrected chi connectivity index (χ1v) is 23.0. The Kier molecular flexibility index (Phi) is 13.3. The standard InChI is InChI=1S/C28H37N2OP.3C6H5.Sn/c1-17(2)21-11-9-12-22(18(3)4)25(21)29-15-16-30(27(29)28(31)32)26-23(19(5)6)13-10-14-24(26)20(7)8;3*1-2-4-6-5-3-1;/h9-20,32H,1-8H3;3*1-5H;. The molecule has 0 saturated heterocycles. The predicted molar refractivity (Wildman–Crippen MR) is 220 cm³/mol. The summed E-state index contributed by atoms with van der Waals surface area (Å²) in [5, 5.41) is 0. The molecule has 1 heterocycles. The molecule has 5 aromatic carbocycles. The molecule has 0 fully saturated rings. The van der Waals surface area contributed by atoms with Gasteiger partial charge in [0.05, 0.1) is 5.52 Å². The Morgan fingerprint density at radius 2 is 0.882 bits per heavy atom. The second-order valence-electron chi connectivity index (χ2n) is 14.4. The van der Waals surface area contributed by atoms with Gasteiger partial charge in [-0.3, -0.25) is 0 Å². The number of aromatic nitrogens is 2. The van der Waals surface area contributed by atoms with E-state index in [1.807, 2.05) is 12.4 Å². The van der Waals surface area contributed by atoms with E-state index >= 15 is 0 Å². The molecule has 0 aliphatic carbocycles. The van der Waals surface area contributed by atoms with Crippen LogP contribution in [0.5, 0.6) is 0 Å². The van der Waals surface area contributed by atoms with Crippen LogP contribution in [0, 0.1) is 0 Å². The zero-order chi connectivity index (χ0) is 36.7. The molecular weight excluding hydrogens is 746 g/mol. The van der Waals surface area contributed by atoms with Gasteiger partial charge in [-0.1, -0.05) is 91.8 Å². The second-order valence-corrected chi connectivity index (χ2v) is 21.9. The van der Waals surface area contributed by atoms with Crippen molar-refractivity contribution in [1.29, 1.82) is 0 Å². The summed E-state index contributed by atoms with van der Waals surface area (Å²) in [7, 11) is 3.38. The molecule has 6 rings (SSSR count). The number of nitrogens with zero attached hydrogens (tertiary/aromatic N) is 2.